The van der Waals surface area contributed by atoms with E-state index in [-0.39, 0.29) is 12.1 Å². The van der Waals surface area contributed by atoms with E-state index in [1.54, 1.807) is 12.2 Å². The molecule has 1 atom stereocenters. The molecule has 100 valence electrons. The van der Waals surface area contributed by atoms with Crippen molar-refractivity contribution in [2.24, 2.45) is 15.9 Å². The summed E-state index contributed by atoms with van der Waals surface area (Å²) in [6.07, 6.45) is 12.2. The third kappa shape index (κ3) is 5.90. The van der Waals surface area contributed by atoms with Crippen molar-refractivity contribution in [2.75, 3.05) is 0 Å². The predicted molar refractivity (Wildman–Crippen MR) is 69.9 cm³/mol. The third-order valence-electron chi connectivity index (χ3n) is 3.81. The molecule has 0 aromatic heterocycles. The third-order valence-corrected chi connectivity index (χ3v) is 3.81. The minimum absolute atomic E-state index is 0.111. The number of nitrogens with zero attached hydrogens (tertiary/aromatic N) is 2. The van der Waals surface area contributed by atoms with Crippen LogP contribution in [0.1, 0.15) is 58.3 Å². The molecule has 1 rings (SSSR count). The Labute approximate surface area is 109 Å². The van der Waals surface area contributed by atoms with Gasteiger partial charge in [0.05, 0.1) is 12.1 Å². The fraction of sp³-hybridized carbons (Fsp3) is 0.857. The van der Waals surface area contributed by atoms with Crippen molar-refractivity contribution in [3.63, 3.8) is 0 Å². The van der Waals surface area contributed by atoms with E-state index in [4.69, 9.17) is 0 Å². The molecule has 4 nitrogen and oxygen atoms in total. The standard InChI is InChI=1S/C14H22N2O2/c1-12(15-10-17)4-2-3-5-13-6-8-14(9-7-13)16-11-18/h12-14H,2-9H2,1H3. The highest BCUT2D eigenvalue weighted by atomic mass is 16.1. The number of unbranched alkanes of at least 4 members (excludes halogenated alkanes) is 1. The second-order valence-electron chi connectivity index (χ2n) is 5.25. The van der Waals surface area contributed by atoms with Crippen molar-refractivity contribution >= 4 is 12.2 Å². The molecule has 0 saturated heterocycles. The van der Waals surface area contributed by atoms with E-state index in [2.05, 4.69) is 9.98 Å². The van der Waals surface area contributed by atoms with Gasteiger partial charge in [0.1, 0.15) is 0 Å². The van der Waals surface area contributed by atoms with E-state index in [0.717, 1.165) is 31.6 Å². The highest BCUT2D eigenvalue weighted by Crippen LogP contribution is 2.29. The molecule has 0 bridgehead atoms. The van der Waals surface area contributed by atoms with Gasteiger partial charge in [-0.25, -0.2) is 19.6 Å². The summed E-state index contributed by atoms with van der Waals surface area (Å²) in [5, 5.41) is 0. The lowest BCUT2D eigenvalue weighted by Crippen LogP contribution is -2.17. The molecule has 1 unspecified atom stereocenters. The van der Waals surface area contributed by atoms with Crippen LogP contribution >= 0.6 is 0 Å². The quantitative estimate of drug-likeness (QED) is 0.396. The molecule has 0 aliphatic heterocycles. The molecule has 1 saturated carbocycles. The Balaban J connectivity index is 2.07. The zero-order valence-corrected chi connectivity index (χ0v) is 11.1. The molecule has 0 aromatic carbocycles. The summed E-state index contributed by atoms with van der Waals surface area (Å²) in [6.45, 7) is 1.95. The first-order valence-corrected chi connectivity index (χ1v) is 6.90. The summed E-state index contributed by atoms with van der Waals surface area (Å²) >= 11 is 0. The Morgan fingerprint density at radius 2 is 1.83 bits per heavy atom. The summed E-state index contributed by atoms with van der Waals surface area (Å²) < 4.78 is 0. The predicted octanol–water partition coefficient (Wildman–Crippen LogP) is 3.17. The topological polar surface area (TPSA) is 58.9 Å². The number of rotatable bonds is 7. The van der Waals surface area contributed by atoms with Crippen molar-refractivity contribution in [1.82, 2.24) is 0 Å². The normalized spacial score (nSPS) is 24.7. The maximum absolute atomic E-state index is 10.2. The van der Waals surface area contributed by atoms with Crippen LogP contribution in [0.2, 0.25) is 0 Å². The van der Waals surface area contributed by atoms with Crippen LogP contribution in [0.25, 0.3) is 0 Å². The summed E-state index contributed by atoms with van der Waals surface area (Å²) in [4.78, 5) is 27.7. The van der Waals surface area contributed by atoms with E-state index in [1.165, 1.54) is 25.7 Å². The van der Waals surface area contributed by atoms with Crippen molar-refractivity contribution in [1.29, 1.82) is 0 Å². The first-order valence-electron chi connectivity index (χ1n) is 6.90. The lowest BCUT2D eigenvalue weighted by Gasteiger charge is -2.25. The Morgan fingerprint density at radius 3 is 2.44 bits per heavy atom. The van der Waals surface area contributed by atoms with Crippen molar-refractivity contribution in [3.05, 3.63) is 0 Å². The highest BCUT2D eigenvalue weighted by Gasteiger charge is 2.20. The molecule has 0 N–H and O–H groups in total. The van der Waals surface area contributed by atoms with Gasteiger partial charge in [0.2, 0.25) is 12.2 Å². The molecular weight excluding hydrogens is 228 g/mol. The molecule has 18 heavy (non-hydrogen) atoms. The maximum Gasteiger partial charge on any atom is 0.235 e. The first kappa shape index (κ1) is 14.8. The Kier molecular flexibility index (Phi) is 7.24. The maximum atomic E-state index is 10.2. The van der Waals surface area contributed by atoms with Crippen LogP contribution in [-0.4, -0.2) is 24.2 Å². The van der Waals surface area contributed by atoms with Crippen LogP contribution in [0, 0.1) is 5.92 Å². The fourth-order valence-corrected chi connectivity index (χ4v) is 2.66. The Hall–Kier alpha value is -1.24. The molecule has 0 spiro atoms. The number of carbonyl (C=O) groups excluding carboxylic acids is 2. The molecule has 1 aliphatic rings. The fourth-order valence-electron chi connectivity index (χ4n) is 2.66. The first-order chi connectivity index (χ1) is 8.76. The van der Waals surface area contributed by atoms with E-state index < -0.39 is 0 Å². The lowest BCUT2D eigenvalue weighted by molar-refractivity contribution is 0.302. The van der Waals surface area contributed by atoms with E-state index in [9.17, 15) is 9.59 Å². The van der Waals surface area contributed by atoms with E-state index in [1.807, 2.05) is 6.92 Å². The van der Waals surface area contributed by atoms with Crippen LogP contribution in [0.3, 0.4) is 0 Å². The van der Waals surface area contributed by atoms with Gasteiger partial charge in [0.15, 0.2) is 0 Å². The Morgan fingerprint density at radius 1 is 1.11 bits per heavy atom. The average Bonchev–Trinajstić information content (AvgIpc) is 2.37. The average molecular weight is 250 g/mol. The van der Waals surface area contributed by atoms with Gasteiger partial charge in [-0.05, 0) is 44.9 Å². The van der Waals surface area contributed by atoms with Gasteiger partial charge in [-0.1, -0.05) is 19.3 Å². The van der Waals surface area contributed by atoms with Crippen LogP contribution in [0.4, 0.5) is 0 Å². The van der Waals surface area contributed by atoms with Crippen LogP contribution in [-0.2, 0) is 9.59 Å². The summed E-state index contributed by atoms with van der Waals surface area (Å²) in [5.41, 5.74) is 0. The molecule has 1 fully saturated rings. The summed E-state index contributed by atoms with van der Waals surface area (Å²) in [5.74, 6) is 0.785. The van der Waals surface area contributed by atoms with Crippen molar-refractivity contribution in [3.8, 4) is 0 Å². The monoisotopic (exact) mass is 250 g/mol. The van der Waals surface area contributed by atoms with Gasteiger partial charge in [-0.3, -0.25) is 0 Å². The van der Waals surface area contributed by atoms with Crippen LogP contribution < -0.4 is 0 Å². The SMILES string of the molecule is CC(CCCCC1CCC(N=C=O)CC1)N=C=O. The molecule has 0 amide bonds. The van der Waals surface area contributed by atoms with Gasteiger partial charge in [-0.2, -0.15) is 0 Å². The number of hydrogen-bond acceptors (Lipinski definition) is 4. The van der Waals surface area contributed by atoms with Crippen molar-refractivity contribution < 1.29 is 9.59 Å². The molecule has 0 heterocycles. The zero-order chi connectivity index (χ0) is 13.2. The summed E-state index contributed by atoms with van der Waals surface area (Å²) in [7, 11) is 0. The van der Waals surface area contributed by atoms with Crippen LogP contribution in [0.15, 0.2) is 9.98 Å². The number of isocyanates is 2. The highest BCUT2D eigenvalue weighted by molar-refractivity contribution is 5.33. The minimum atomic E-state index is 0.111. The van der Waals surface area contributed by atoms with E-state index in [0.29, 0.717) is 0 Å². The van der Waals surface area contributed by atoms with Crippen LogP contribution in [0.5, 0.6) is 0 Å². The van der Waals surface area contributed by atoms with Gasteiger partial charge in [0.25, 0.3) is 0 Å². The minimum Gasteiger partial charge on any atom is -0.211 e. The molecular formula is C14H22N2O2. The van der Waals surface area contributed by atoms with Gasteiger partial charge in [0, 0.05) is 0 Å². The van der Waals surface area contributed by atoms with Crippen molar-refractivity contribution in [2.45, 2.75) is 70.4 Å². The Bertz CT molecular complexity index is 323. The second kappa shape index (κ2) is 8.79. The van der Waals surface area contributed by atoms with Gasteiger partial charge >= 0.3 is 0 Å². The molecule has 0 radical (unpaired) electrons. The summed E-state index contributed by atoms with van der Waals surface area (Å²) in [6, 6.07) is 0.334. The lowest BCUT2D eigenvalue weighted by atomic mass is 9.83. The molecule has 1 aliphatic carbocycles. The van der Waals surface area contributed by atoms with Gasteiger partial charge in [-0.15, -0.1) is 0 Å². The van der Waals surface area contributed by atoms with E-state index >= 15 is 0 Å². The smallest absolute Gasteiger partial charge is 0.211 e. The number of hydrogen-bond donors (Lipinski definition) is 0. The molecule has 4 heteroatoms. The van der Waals surface area contributed by atoms with Gasteiger partial charge < -0.3 is 0 Å². The molecule has 0 aromatic rings. The second-order valence-corrected chi connectivity index (χ2v) is 5.25. The number of aliphatic imine (C=N–C) groups is 2. The zero-order valence-electron chi connectivity index (χ0n) is 11.1. The largest absolute Gasteiger partial charge is 0.235 e.